The number of sulfonamides is 1. The van der Waals surface area contributed by atoms with Gasteiger partial charge in [0.1, 0.15) is 4.90 Å². The molecule has 0 aromatic carbocycles. The Bertz CT molecular complexity index is 531. The van der Waals surface area contributed by atoms with Gasteiger partial charge in [0.15, 0.2) is 0 Å². The van der Waals surface area contributed by atoms with Crippen molar-refractivity contribution in [1.82, 2.24) is 14.7 Å². The van der Waals surface area contributed by atoms with Crippen LogP contribution in [0.5, 0.6) is 0 Å². The van der Waals surface area contributed by atoms with E-state index < -0.39 is 15.6 Å². The van der Waals surface area contributed by atoms with E-state index in [2.05, 4.69) is 14.7 Å². The van der Waals surface area contributed by atoms with Gasteiger partial charge in [0.05, 0.1) is 24.0 Å². The standard InChI is InChI=1S/C10H16N4O3S/c1-7-10(2,3-4-17-7)14-18(15,16)8-5-12-9(11)13-6-8/h5-7,14H,3-4H2,1-2H3,(H2,11,12,13). The molecule has 0 radical (unpaired) electrons. The summed E-state index contributed by atoms with van der Waals surface area (Å²) in [6.45, 7) is 4.20. The van der Waals surface area contributed by atoms with E-state index in [1.54, 1.807) is 0 Å². The second-order valence-electron chi connectivity index (χ2n) is 4.56. The van der Waals surface area contributed by atoms with Crippen LogP contribution in [-0.4, -0.2) is 36.6 Å². The van der Waals surface area contributed by atoms with Crippen LogP contribution in [0.1, 0.15) is 20.3 Å². The molecular formula is C10H16N4O3S. The molecule has 0 amide bonds. The lowest BCUT2D eigenvalue weighted by Crippen LogP contribution is -2.50. The third-order valence-electron chi connectivity index (χ3n) is 3.21. The van der Waals surface area contributed by atoms with Gasteiger partial charge >= 0.3 is 0 Å². The molecule has 0 aliphatic carbocycles. The molecule has 0 bridgehead atoms. The van der Waals surface area contributed by atoms with Crippen LogP contribution in [0.15, 0.2) is 17.3 Å². The Balaban J connectivity index is 2.25. The van der Waals surface area contributed by atoms with E-state index in [4.69, 9.17) is 10.5 Å². The fraction of sp³-hybridized carbons (Fsp3) is 0.600. The van der Waals surface area contributed by atoms with Gasteiger partial charge in [0, 0.05) is 6.61 Å². The number of ether oxygens (including phenoxy) is 1. The van der Waals surface area contributed by atoms with Crippen LogP contribution in [0.4, 0.5) is 5.95 Å². The Morgan fingerprint density at radius 3 is 2.61 bits per heavy atom. The maximum Gasteiger partial charge on any atom is 0.244 e. The summed E-state index contributed by atoms with van der Waals surface area (Å²) in [6, 6.07) is 0. The van der Waals surface area contributed by atoms with Crippen molar-refractivity contribution in [3.05, 3.63) is 12.4 Å². The molecule has 2 heterocycles. The Labute approximate surface area is 106 Å². The lowest BCUT2D eigenvalue weighted by Gasteiger charge is -2.28. The number of nitrogens with zero attached hydrogens (tertiary/aromatic N) is 2. The first kappa shape index (κ1) is 13.2. The van der Waals surface area contributed by atoms with Gasteiger partial charge in [0.2, 0.25) is 16.0 Å². The Morgan fingerprint density at radius 2 is 2.11 bits per heavy atom. The van der Waals surface area contributed by atoms with E-state index in [-0.39, 0.29) is 16.9 Å². The zero-order chi connectivity index (χ0) is 13.4. The molecule has 1 saturated heterocycles. The van der Waals surface area contributed by atoms with Gasteiger partial charge in [-0.3, -0.25) is 0 Å². The first-order valence-electron chi connectivity index (χ1n) is 5.57. The first-order valence-corrected chi connectivity index (χ1v) is 7.05. The Hall–Kier alpha value is -1.25. The predicted molar refractivity (Wildman–Crippen MR) is 65.2 cm³/mol. The monoisotopic (exact) mass is 272 g/mol. The molecular weight excluding hydrogens is 256 g/mol. The number of aromatic nitrogens is 2. The van der Waals surface area contributed by atoms with Crippen LogP contribution in [0.3, 0.4) is 0 Å². The van der Waals surface area contributed by atoms with Crippen molar-refractivity contribution >= 4 is 16.0 Å². The van der Waals surface area contributed by atoms with Crippen LogP contribution in [0.25, 0.3) is 0 Å². The second kappa shape index (κ2) is 4.45. The van der Waals surface area contributed by atoms with Gasteiger partial charge in [-0.15, -0.1) is 0 Å². The van der Waals surface area contributed by atoms with Crippen molar-refractivity contribution in [3.63, 3.8) is 0 Å². The molecule has 1 aromatic heterocycles. The smallest absolute Gasteiger partial charge is 0.244 e. The second-order valence-corrected chi connectivity index (χ2v) is 6.25. The molecule has 3 N–H and O–H groups in total. The maximum absolute atomic E-state index is 12.2. The van der Waals surface area contributed by atoms with Crippen molar-refractivity contribution < 1.29 is 13.2 Å². The third kappa shape index (κ3) is 2.45. The zero-order valence-electron chi connectivity index (χ0n) is 10.3. The van der Waals surface area contributed by atoms with Crippen LogP contribution in [-0.2, 0) is 14.8 Å². The first-order chi connectivity index (χ1) is 8.33. The molecule has 1 fully saturated rings. The molecule has 1 aliphatic heterocycles. The largest absolute Gasteiger partial charge is 0.376 e. The minimum atomic E-state index is -3.66. The van der Waals surface area contributed by atoms with Gasteiger partial charge in [0.25, 0.3) is 0 Å². The molecule has 2 rings (SSSR count). The molecule has 100 valence electrons. The molecule has 0 saturated carbocycles. The minimum Gasteiger partial charge on any atom is -0.376 e. The quantitative estimate of drug-likeness (QED) is 0.796. The van der Waals surface area contributed by atoms with Gasteiger partial charge in [-0.2, -0.15) is 0 Å². The third-order valence-corrected chi connectivity index (χ3v) is 4.78. The summed E-state index contributed by atoms with van der Waals surface area (Å²) in [7, 11) is -3.66. The fourth-order valence-electron chi connectivity index (χ4n) is 1.80. The average Bonchev–Trinajstić information content (AvgIpc) is 2.58. The summed E-state index contributed by atoms with van der Waals surface area (Å²) in [4.78, 5) is 7.35. The molecule has 8 heteroatoms. The molecule has 1 aromatic rings. The molecule has 1 aliphatic rings. The van der Waals surface area contributed by atoms with Crippen molar-refractivity contribution in [1.29, 1.82) is 0 Å². The summed E-state index contributed by atoms with van der Waals surface area (Å²) in [5.41, 5.74) is 4.71. The summed E-state index contributed by atoms with van der Waals surface area (Å²) < 4.78 is 32.4. The average molecular weight is 272 g/mol. The fourth-order valence-corrected chi connectivity index (χ4v) is 3.18. The Morgan fingerprint density at radius 1 is 1.50 bits per heavy atom. The number of nitrogens with one attached hydrogen (secondary N) is 1. The number of rotatable bonds is 3. The number of nitrogen functional groups attached to an aromatic ring is 1. The van der Waals surface area contributed by atoms with Crippen molar-refractivity contribution in [2.45, 2.75) is 36.8 Å². The topological polar surface area (TPSA) is 107 Å². The minimum absolute atomic E-state index is 0.00275. The van der Waals surface area contributed by atoms with Crippen LogP contribution in [0.2, 0.25) is 0 Å². The normalized spacial score (nSPS) is 28.4. The van der Waals surface area contributed by atoms with Crippen molar-refractivity contribution in [2.24, 2.45) is 0 Å². The highest BCUT2D eigenvalue weighted by atomic mass is 32.2. The highest BCUT2D eigenvalue weighted by Gasteiger charge is 2.40. The van der Waals surface area contributed by atoms with Crippen molar-refractivity contribution in [2.75, 3.05) is 12.3 Å². The number of hydrogen-bond acceptors (Lipinski definition) is 6. The van der Waals surface area contributed by atoms with E-state index >= 15 is 0 Å². The van der Waals surface area contributed by atoms with Crippen molar-refractivity contribution in [3.8, 4) is 0 Å². The van der Waals surface area contributed by atoms with Crippen LogP contribution < -0.4 is 10.5 Å². The lowest BCUT2D eigenvalue weighted by molar-refractivity contribution is 0.0957. The predicted octanol–water partition coefficient (Wildman–Crippen LogP) is -0.0954. The number of nitrogens with two attached hydrogens (primary N) is 1. The van der Waals surface area contributed by atoms with Gasteiger partial charge < -0.3 is 10.5 Å². The van der Waals surface area contributed by atoms with E-state index in [1.165, 1.54) is 12.4 Å². The van der Waals surface area contributed by atoms with E-state index in [9.17, 15) is 8.42 Å². The number of hydrogen-bond donors (Lipinski definition) is 2. The lowest BCUT2D eigenvalue weighted by atomic mass is 9.97. The van der Waals surface area contributed by atoms with E-state index in [0.29, 0.717) is 13.0 Å². The van der Waals surface area contributed by atoms with Crippen LogP contribution >= 0.6 is 0 Å². The zero-order valence-corrected chi connectivity index (χ0v) is 11.1. The highest BCUT2D eigenvalue weighted by Crippen LogP contribution is 2.27. The molecule has 2 atom stereocenters. The summed E-state index contributed by atoms with van der Waals surface area (Å²) >= 11 is 0. The van der Waals surface area contributed by atoms with Gasteiger partial charge in [-0.05, 0) is 20.3 Å². The summed E-state index contributed by atoms with van der Waals surface area (Å²) in [6.07, 6.45) is 2.83. The van der Waals surface area contributed by atoms with E-state index in [0.717, 1.165) is 0 Å². The van der Waals surface area contributed by atoms with E-state index in [1.807, 2.05) is 13.8 Å². The number of anilines is 1. The van der Waals surface area contributed by atoms with Gasteiger partial charge in [-0.25, -0.2) is 23.1 Å². The van der Waals surface area contributed by atoms with Crippen LogP contribution in [0, 0.1) is 0 Å². The highest BCUT2D eigenvalue weighted by molar-refractivity contribution is 7.89. The molecule has 7 nitrogen and oxygen atoms in total. The SMILES string of the molecule is CC1OCCC1(C)NS(=O)(=O)c1cnc(N)nc1. The molecule has 0 spiro atoms. The summed E-state index contributed by atoms with van der Waals surface area (Å²) in [5, 5.41) is 0. The maximum atomic E-state index is 12.2. The molecule has 2 unspecified atom stereocenters. The van der Waals surface area contributed by atoms with Gasteiger partial charge in [-0.1, -0.05) is 0 Å². The molecule has 18 heavy (non-hydrogen) atoms. The Kier molecular flexibility index (Phi) is 3.26. The summed E-state index contributed by atoms with van der Waals surface area (Å²) in [5.74, 6) is 0.0396.